The summed E-state index contributed by atoms with van der Waals surface area (Å²) in [4.78, 5) is 44.0. The molecule has 2 atom stereocenters. The molecular formula is C52H54F6N4O8P+. The molecule has 0 saturated carbocycles. The number of carbonyl (C=O) groups excluding carboxylic acids is 3. The summed E-state index contributed by atoms with van der Waals surface area (Å²) in [6, 6.07) is 37.3. The van der Waals surface area contributed by atoms with Gasteiger partial charge in [0.15, 0.2) is 5.69 Å². The molecule has 2 aromatic heterocycles. The highest BCUT2D eigenvalue weighted by Crippen LogP contribution is 2.56. The van der Waals surface area contributed by atoms with Gasteiger partial charge in [0.2, 0.25) is 11.5 Å². The first-order valence-electron chi connectivity index (χ1n) is 22.5. The molecule has 12 nitrogen and oxygen atoms in total. The Hall–Kier alpha value is -6.65. The number of aromatic nitrogens is 3. The highest BCUT2D eigenvalue weighted by Gasteiger charge is 2.61. The van der Waals surface area contributed by atoms with Gasteiger partial charge in [0.05, 0.1) is 18.5 Å². The fraction of sp³-hybridized carbons (Fsp3) is 0.346. The van der Waals surface area contributed by atoms with E-state index in [1.165, 1.54) is 53.7 Å². The van der Waals surface area contributed by atoms with E-state index >= 15 is 26.3 Å². The second kappa shape index (κ2) is 21.8. The predicted molar refractivity (Wildman–Crippen MR) is 256 cm³/mol. The number of pyridine rings is 1. The maximum absolute atomic E-state index is 15.5. The lowest BCUT2D eigenvalue weighted by Crippen LogP contribution is -2.45. The molecule has 0 bridgehead atoms. The summed E-state index contributed by atoms with van der Waals surface area (Å²) in [7, 11) is -2.54. The number of amides is 2. The van der Waals surface area contributed by atoms with Crippen LogP contribution in [0.1, 0.15) is 84.7 Å². The number of hydrogen-bond donors (Lipinski definition) is 0. The largest absolute Gasteiger partial charge is 0.474 e. The number of benzene rings is 4. The van der Waals surface area contributed by atoms with Crippen LogP contribution in [0.2, 0.25) is 0 Å². The third-order valence-corrected chi connectivity index (χ3v) is 15.3. The van der Waals surface area contributed by atoms with Crippen molar-refractivity contribution in [3.63, 3.8) is 0 Å². The molecule has 0 N–H and O–H groups in total. The minimum absolute atomic E-state index is 0.110. The third-order valence-electron chi connectivity index (χ3n) is 10.8. The number of aldehydes is 1. The van der Waals surface area contributed by atoms with Gasteiger partial charge in [0.25, 0.3) is 11.8 Å². The Balaban J connectivity index is 1.55. The van der Waals surface area contributed by atoms with Crippen LogP contribution in [0.5, 0.6) is 5.88 Å². The van der Waals surface area contributed by atoms with E-state index < -0.39 is 109 Å². The van der Waals surface area contributed by atoms with Gasteiger partial charge >= 0.3 is 24.5 Å². The zero-order valence-electron chi connectivity index (χ0n) is 40.1. The molecule has 0 radical (unpaired) electrons. The van der Waals surface area contributed by atoms with Crippen LogP contribution in [0, 0.1) is 0 Å². The Bertz CT molecular complexity index is 2610. The first-order valence-corrected chi connectivity index (χ1v) is 24.5. The second-order valence-corrected chi connectivity index (χ2v) is 22.1. The van der Waals surface area contributed by atoms with Crippen molar-refractivity contribution in [2.45, 2.75) is 110 Å². The Kier molecular flexibility index (Phi) is 16.5. The fourth-order valence-electron chi connectivity index (χ4n) is 7.61. The molecule has 2 amide bonds. The van der Waals surface area contributed by atoms with Gasteiger partial charge in [-0.25, -0.2) is 14.6 Å². The van der Waals surface area contributed by atoms with Gasteiger partial charge in [0, 0.05) is 19.3 Å². The molecule has 1 unspecified atom stereocenters. The van der Waals surface area contributed by atoms with Gasteiger partial charge in [-0.05, 0) is 96.5 Å². The first kappa shape index (κ1) is 53.7. The van der Waals surface area contributed by atoms with Crippen molar-refractivity contribution in [1.29, 1.82) is 0 Å². The monoisotopic (exact) mass is 1010 g/mol. The SMILES string of the molecule is C[C@H](CC[P+](c1ccccc1)(c1ccccc1)c1ccccc1)Oc1nc(-c2nnc(C(CCC=O)(OCc3ccccc3)C(F)(F)F)o2)c(N(C(=O)OC(C)(C)C)C(=O)OC(C)(C)C)cc1C(F)(F)F. The van der Waals surface area contributed by atoms with Crippen LogP contribution in [0.25, 0.3) is 11.6 Å². The van der Waals surface area contributed by atoms with Gasteiger partial charge in [0.1, 0.15) is 52.3 Å². The van der Waals surface area contributed by atoms with Crippen molar-refractivity contribution in [1.82, 2.24) is 15.2 Å². The number of ether oxygens (including phenoxy) is 4. The lowest BCUT2D eigenvalue weighted by molar-refractivity contribution is -0.299. The van der Waals surface area contributed by atoms with Crippen molar-refractivity contribution < 1.29 is 64.1 Å². The van der Waals surface area contributed by atoms with Crippen LogP contribution in [-0.2, 0) is 37.4 Å². The van der Waals surface area contributed by atoms with Gasteiger partial charge in [-0.1, -0.05) is 84.9 Å². The molecular weight excluding hydrogens is 954 g/mol. The number of halogens is 6. The number of hydrogen-bond acceptors (Lipinski definition) is 11. The molecule has 2 heterocycles. The summed E-state index contributed by atoms with van der Waals surface area (Å²) in [5.74, 6) is -3.35. The quantitative estimate of drug-likeness (QED) is 0.0489. The van der Waals surface area contributed by atoms with E-state index in [-0.39, 0.29) is 17.6 Å². The predicted octanol–water partition coefficient (Wildman–Crippen LogP) is 11.9. The van der Waals surface area contributed by atoms with E-state index in [0.29, 0.717) is 17.8 Å². The van der Waals surface area contributed by atoms with Crippen LogP contribution in [0.4, 0.5) is 41.6 Å². The summed E-state index contributed by atoms with van der Waals surface area (Å²) in [5, 5.41) is 10.5. The highest BCUT2D eigenvalue weighted by atomic mass is 31.2. The van der Waals surface area contributed by atoms with E-state index in [9.17, 15) is 14.4 Å². The van der Waals surface area contributed by atoms with Crippen molar-refractivity contribution in [3.05, 3.63) is 144 Å². The minimum atomic E-state index is -5.34. The maximum Gasteiger partial charge on any atom is 0.426 e. The number of carbonyl (C=O) groups is 3. The lowest BCUT2D eigenvalue weighted by atomic mass is 9.96. The molecule has 6 aromatic rings. The minimum Gasteiger partial charge on any atom is -0.474 e. The number of alkyl halides is 6. The fourth-order valence-corrected chi connectivity index (χ4v) is 12.1. The summed E-state index contributed by atoms with van der Waals surface area (Å²) in [5.41, 5.74) is -9.37. The summed E-state index contributed by atoms with van der Waals surface area (Å²) >= 11 is 0. The molecule has 0 aliphatic carbocycles. The van der Waals surface area contributed by atoms with E-state index in [2.05, 4.69) is 15.2 Å². The molecule has 376 valence electrons. The maximum atomic E-state index is 15.5. The molecule has 0 fully saturated rings. The Morgan fingerprint density at radius 1 is 0.718 bits per heavy atom. The molecule has 0 aliphatic rings. The molecule has 71 heavy (non-hydrogen) atoms. The number of rotatable bonds is 17. The Morgan fingerprint density at radius 2 is 1.20 bits per heavy atom. The van der Waals surface area contributed by atoms with Crippen LogP contribution >= 0.6 is 7.26 Å². The van der Waals surface area contributed by atoms with Crippen LogP contribution < -0.4 is 25.6 Å². The molecule has 19 heteroatoms. The zero-order valence-corrected chi connectivity index (χ0v) is 41.0. The van der Waals surface area contributed by atoms with Crippen molar-refractivity contribution >= 4 is 47.3 Å². The Morgan fingerprint density at radius 3 is 1.63 bits per heavy atom. The Labute approximate surface area is 408 Å². The average molecular weight is 1010 g/mol. The van der Waals surface area contributed by atoms with Gasteiger partial charge in [-0.2, -0.15) is 31.2 Å². The number of anilines is 1. The van der Waals surface area contributed by atoms with E-state index in [1.807, 2.05) is 91.0 Å². The van der Waals surface area contributed by atoms with Crippen LogP contribution in [0.3, 0.4) is 0 Å². The van der Waals surface area contributed by atoms with Gasteiger partial charge in [-0.3, -0.25) is 0 Å². The molecule has 0 spiro atoms. The highest BCUT2D eigenvalue weighted by molar-refractivity contribution is 7.95. The average Bonchev–Trinajstić information content (AvgIpc) is 3.80. The van der Waals surface area contributed by atoms with Crippen molar-refractivity contribution in [2.75, 3.05) is 11.1 Å². The molecule has 4 aromatic carbocycles. The first-order chi connectivity index (χ1) is 33.4. The van der Waals surface area contributed by atoms with Crippen molar-refractivity contribution in [3.8, 4) is 17.5 Å². The molecule has 0 aliphatic heterocycles. The van der Waals surface area contributed by atoms with Crippen LogP contribution in [-0.4, -0.2) is 63.3 Å². The second-order valence-electron chi connectivity index (χ2n) is 18.5. The van der Waals surface area contributed by atoms with E-state index in [1.54, 1.807) is 25.1 Å². The van der Waals surface area contributed by atoms with E-state index in [0.717, 1.165) is 15.9 Å². The normalized spacial score (nSPS) is 13.7. The summed E-state index contributed by atoms with van der Waals surface area (Å²) < 4.78 is 121. The number of imide groups is 1. The van der Waals surface area contributed by atoms with Gasteiger partial charge in [-0.15, -0.1) is 10.2 Å². The number of nitrogens with zero attached hydrogens (tertiary/aromatic N) is 4. The smallest absolute Gasteiger partial charge is 0.426 e. The van der Waals surface area contributed by atoms with Crippen molar-refractivity contribution in [2.24, 2.45) is 0 Å². The third kappa shape index (κ3) is 12.8. The zero-order chi connectivity index (χ0) is 51.8. The topological polar surface area (TPSA) is 143 Å². The van der Waals surface area contributed by atoms with Crippen LogP contribution in [0.15, 0.2) is 132 Å². The lowest BCUT2D eigenvalue weighted by Gasteiger charge is -2.32. The summed E-state index contributed by atoms with van der Waals surface area (Å²) in [6.45, 7) is 9.44. The molecule has 0 saturated heterocycles. The van der Waals surface area contributed by atoms with Gasteiger partial charge < -0.3 is 28.2 Å². The standard InChI is InChI=1S/C52H54F6N4O8P/c1-35(29-32-71(37-23-14-9-15-24-37,38-25-16-10-17-26-38)39-27-18-11-19-28-39)67-43-40(51(53,54)55)33-41(62(46(64)69-48(2,3)4)47(65)70-49(5,6)7)42(59-43)44-60-61-45(68-44)50(30-20-31-63,52(56,57)58)66-34-36-21-12-8-13-22-36/h8-19,21-28,31,33,35H,20,29-30,32,34H2,1-7H3/q+1/t35-,50?/m1/s1. The summed E-state index contributed by atoms with van der Waals surface area (Å²) in [6.07, 6.45) is -15.8. The molecule has 6 rings (SSSR count). The van der Waals surface area contributed by atoms with E-state index in [4.69, 9.17) is 23.4 Å².